The molecule has 0 bridgehead atoms. The quantitative estimate of drug-likeness (QED) is 0.798. The fourth-order valence-electron chi connectivity index (χ4n) is 1.68. The van der Waals surface area contributed by atoms with Crippen LogP contribution in [0, 0.1) is 6.92 Å². The van der Waals surface area contributed by atoms with E-state index in [1.165, 1.54) is 11.8 Å². The highest BCUT2D eigenvalue weighted by molar-refractivity contribution is 8.00. The van der Waals surface area contributed by atoms with Gasteiger partial charge in [0.1, 0.15) is 0 Å². The lowest BCUT2D eigenvalue weighted by atomic mass is 10.2. The highest BCUT2D eigenvalue weighted by atomic mass is 35.5. The minimum atomic E-state index is -0.0865. The highest BCUT2D eigenvalue weighted by Crippen LogP contribution is 2.33. The fourth-order valence-corrected chi connectivity index (χ4v) is 3.16. The number of amides is 1. The summed E-state index contributed by atoms with van der Waals surface area (Å²) in [6, 6.07) is 13.0. The van der Waals surface area contributed by atoms with Crippen LogP contribution in [0.3, 0.4) is 0 Å². The number of carbonyl (C=O) groups is 1. The van der Waals surface area contributed by atoms with E-state index in [1.54, 1.807) is 18.2 Å². The van der Waals surface area contributed by atoms with E-state index in [0.717, 1.165) is 16.1 Å². The van der Waals surface area contributed by atoms with Gasteiger partial charge in [0.05, 0.1) is 15.8 Å². The predicted octanol–water partition coefficient (Wildman–Crippen LogP) is 5.03. The van der Waals surface area contributed by atoms with E-state index in [-0.39, 0.29) is 11.7 Å². The molecule has 5 heteroatoms. The summed E-state index contributed by atoms with van der Waals surface area (Å²) in [7, 11) is 0. The Hall–Kier alpha value is -1.16. The van der Waals surface area contributed by atoms with Crippen molar-refractivity contribution < 1.29 is 4.79 Å². The number of rotatable bonds is 4. The molecule has 0 unspecified atom stereocenters. The molecular weight excluding hydrogens is 313 g/mol. The Balaban J connectivity index is 1.96. The van der Waals surface area contributed by atoms with Gasteiger partial charge in [-0.3, -0.25) is 4.79 Å². The van der Waals surface area contributed by atoms with Crippen molar-refractivity contribution in [1.29, 1.82) is 0 Å². The minimum Gasteiger partial charge on any atom is -0.325 e. The van der Waals surface area contributed by atoms with Crippen LogP contribution in [0.2, 0.25) is 10.0 Å². The van der Waals surface area contributed by atoms with Crippen molar-refractivity contribution in [2.45, 2.75) is 11.8 Å². The van der Waals surface area contributed by atoms with E-state index >= 15 is 0 Å². The summed E-state index contributed by atoms with van der Waals surface area (Å²) in [5.74, 6) is 0.175. The number of thioether (sulfide) groups is 1. The Morgan fingerprint density at radius 3 is 2.45 bits per heavy atom. The van der Waals surface area contributed by atoms with Crippen molar-refractivity contribution in [3.8, 4) is 0 Å². The zero-order valence-electron chi connectivity index (χ0n) is 10.8. The summed E-state index contributed by atoms with van der Waals surface area (Å²) in [5.41, 5.74) is 1.89. The molecule has 0 aliphatic carbocycles. The fraction of sp³-hybridized carbons (Fsp3) is 0.133. The van der Waals surface area contributed by atoms with Gasteiger partial charge in [-0.25, -0.2) is 0 Å². The first-order chi connectivity index (χ1) is 9.56. The molecule has 0 aliphatic heterocycles. The Bertz CT molecular complexity index is 611. The average molecular weight is 326 g/mol. The van der Waals surface area contributed by atoms with E-state index in [9.17, 15) is 4.79 Å². The second kappa shape index (κ2) is 7.02. The summed E-state index contributed by atoms with van der Waals surface area (Å²) in [5, 5.41) is 3.97. The maximum Gasteiger partial charge on any atom is 0.234 e. The lowest BCUT2D eigenvalue weighted by molar-refractivity contribution is -0.113. The monoisotopic (exact) mass is 325 g/mol. The minimum absolute atomic E-state index is 0.0865. The molecule has 2 aromatic carbocycles. The molecule has 0 aromatic heterocycles. The molecule has 0 radical (unpaired) electrons. The van der Waals surface area contributed by atoms with Crippen molar-refractivity contribution in [2.24, 2.45) is 0 Å². The van der Waals surface area contributed by atoms with Crippen molar-refractivity contribution in [3.05, 3.63) is 58.1 Å². The molecule has 0 spiro atoms. The van der Waals surface area contributed by atoms with Crippen molar-refractivity contribution in [1.82, 2.24) is 0 Å². The maximum atomic E-state index is 11.9. The van der Waals surface area contributed by atoms with Crippen LogP contribution in [-0.2, 0) is 4.79 Å². The number of hydrogen-bond acceptors (Lipinski definition) is 2. The number of hydrogen-bond donors (Lipinski definition) is 1. The van der Waals surface area contributed by atoms with Crippen LogP contribution in [0.15, 0.2) is 47.4 Å². The van der Waals surface area contributed by atoms with E-state index < -0.39 is 0 Å². The second-order valence-corrected chi connectivity index (χ2v) is 6.06. The second-order valence-electron chi connectivity index (χ2n) is 4.26. The van der Waals surface area contributed by atoms with Crippen molar-refractivity contribution in [3.63, 3.8) is 0 Å². The largest absolute Gasteiger partial charge is 0.325 e. The number of carbonyl (C=O) groups excluding carboxylic acids is 1. The van der Waals surface area contributed by atoms with Crippen LogP contribution in [0.1, 0.15) is 5.56 Å². The molecule has 0 heterocycles. The molecule has 1 N–H and O–H groups in total. The Morgan fingerprint density at radius 1 is 1.15 bits per heavy atom. The molecule has 104 valence electrons. The van der Waals surface area contributed by atoms with Crippen molar-refractivity contribution in [2.75, 3.05) is 11.1 Å². The van der Waals surface area contributed by atoms with Gasteiger partial charge in [-0.1, -0.05) is 41.4 Å². The van der Waals surface area contributed by atoms with Crippen LogP contribution < -0.4 is 5.32 Å². The molecule has 2 aromatic rings. The highest BCUT2D eigenvalue weighted by Gasteiger charge is 2.09. The number of nitrogens with one attached hydrogen (secondary N) is 1. The van der Waals surface area contributed by atoms with Gasteiger partial charge in [0.15, 0.2) is 0 Å². The third kappa shape index (κ3) is 4.17. The topological polar surface area (TPSA) is 29.1 Å². The van der Waals surface area contributed by atoms with E-state index in [4.69, 9.17) is 23.2 Å². The molecular formula is C15H13Cl2NOS. The van der Waals surface area contributed by atoms with Gasteiger partial charge in [-0.2, -0.15) is 0 Å². The Kier molecular flexibility index (Phi) is 5.35. The first-order valence-electron chi connectivity index (χ1n) is 5.99. The van der Waals surface area contributed by atoms with Crippen LogP contribution in [0.5, 0.6) is 0 Å². The molecule has 20 heavy (non-hydrogen) atoms. The number of halogens is 2. The molecule has 0 atom stereocenters. The van der Waals surface area contributed by atoms with Gasteiger partial charge >= 0.3 is 0 Å². The zero-order valence-corrected chi connectivity index (χ0v) is 13.1. The first-order valence-corrected chi connectivity index (χ1v) is 7.74. The molecule has 0 aliphatic rings. The van der Waals surface area contributed by atoms with E-state index in [2.05, 4.69) is 5.32 Å². The lowest BCUT2D eigenvalue weighted by Gasteiger charge is -2.08. The predicted molar refractivity (Wildman–Crippen MR) is 87.0 cm³/mol. The van der Waals surface area contributed by atoms with Crippen LogP contribution >= 0.6 is 35.0 Å². The van der Waals surface area contributed by atoms with E-state index in [1.807, 2.05) is 31.2 Å². The number of anilines is 1. The van der Waals surface area contributed by atoms with Gasteiger partial charge < -0.3 is 5.32 Å². The molecule has 2 nitrogen and oxygen atoms in total. The van der Waals surface area contributed by atoms with Crippen LogP contribution in [0.25, 0.3) is 0 Å². The SMILES string of the molecule is Cc1cccc(NC(=O)CSc2c(Cl)cccc2Cl)c1. The summed E-state index contributed by atoms with van der Waals surface area (Å²) >= 11 is 13.4. The van der Waals surface area contributed by atoms with E-state index in [0.29, 0.717) is 10.0 Å². The smallest absolute Gasteiger partial charge is 0.234 e. The van der Waals surface area contributed by atoms with Crippen LogP contribution in [-0.4, -0.2) is 11.7 Å². The summed E-state index contributed by atoms with van der Waals surface area (Å²) in [6.07, 6.45) is 0. The Labute approximate surface area is 132 Å². The summed E-state index contributed by atoms with van der Waals surface area (Å²) in [6.45, 7) is 1.98. The molecule has 0 saturated carbocycles. The third-order valence-electron chi connectivity index (χ3n) is 2.57. The lowest BCUT2D eigenvalue weighted by Crippen LogP contribution is -2.14. The molecule has 2 rings (SSSR count). The van der Waals surface area contributed by atoms with Gasteiger partial charge in [-0.05, 0) is 36.8 Å². The summed E-state index contributed by atoms with van der Waals surface area (Å²) in [4.78, 5) is 12.6. The molecule has 1 amide bonds. The number of benzene rings is 2. The Morgan fingerprint density at radius 2 is 1.80 bits per heavy atom. The molecule has 0 fully saturated rings. The van der Waals surface area contributed by atoms with Gasteiger partial charge in [-0.15, -0.1) is 11.8 Å². The summed E-state index contributed by atoms with van der Waals surface area (Å²) < 4.78 is 0. The van der Waals surface area contributed by atoms with Gasteiger partial charge in [0.2, 0.25) is 5.91 Å². The third-order valence-corrected chi connectivity index (χ3v) is 4.56. The zero-order chi connectivity index (χ0) is 14.5. The first kappa shape index (κ1) is 15.2. The maximum absolute atomic E-state index is 11.9. The average Bonchev–Trinajstić information content (AvgIpc) is 2.38. The standard InChI is InChI=1S/C15H13Cl2NOS/c1-10-4-2-5-11(8-10)18-14(19)9-20-15-12(16)6-3-7-13(15)17/h2-8H,9H2,1H3,(H,18,19). The van der Waals surface area contributed by atoms with Gasteiger partial charge in [0.25, 0.3) is 0 Å². The van der Waals surface area contributed by atoms with Crippen LogP contribution in [0.4, 0.5) is 5.69 Å². The molecule has 0 saturated heterocycles. The normalized spacial score (nSPS) is 10.3. The van der Waals surface area contributed by atoms with Gasteiger partial charge in [0, 0.05) is 10.6 Å². The van der Waals surface area contributed by atoms with Crippen molar-refractivity contribution >= 4 is 46.6 Å². The number of aryl methyl sites for hydroxylation is 1.